The number of hydrogen-bond acceptors (Lipinski definition) is 4. The lowest BCUT2D eigenvalue weighted by Gasteiger charge is -2.08. The minimum Gasteiger partial charge on any atom is -0.258 e. The second-order valence-corrected chi connectivity index (χ2v) is 6.32. The summed E-state index contributed by atoms with van der Waals surface area (Å²) < 4.78 is 26.6. The van der Waals surface area contributed by atoms with Gasteiger partial charge in [0, 0.05) is 18.7 Å². The number of halogens is 1. The lowest BCUT2D eigenvalue weighted by Crippen LogP contribution is -2.23. The van der Waals surface area contributed by atoms with Crippen LogP contribution in [0.3, 0.4) is 0 Å². The highest BCUT2D eigenvalue weighted by Crippen LogP contribution is 2.20. The number of sulfonamides is 1. The van der Waals surface area contributed by atoms with Crippen LogP contribution < -0.4 is 4.72 Å². The summed E-state index contributed by atoms with van der Waals surface area (Å²) in [5, 5.41) is 10.7. The fourth-order valence-electron chi connectivity index (χ4n) is 1.65. The van der Waals surface area contributed by atoms with Crippen molar-refractivity contribution in [3.05, 3.63) is 69.2 Å². The van der Waals surface area contributed by atoms with Gasteiger partial charge in [-0.15, -0.1) is 0 Å². The van der Waals surface area contributed by atoms with Gasteiger partial charge in [0.1, 0.15) is 4.90 Å². The first-order valence-corrected chi connectivity index (χ1v) is 7.74. The molecule has 2 aromatic rings. The Labute approximate surface area is 126 Å². The third kappa shape index (κ3) is 3.78. The molecule has 1 N–H and O–H groups in total. The second-order valence-electron chi connectivity index (χ2n) is 4.18. The van der Waals surface area contributed by atoms with Crippen molar-refractivity contribution in [3.63, 3.8) is 0 Å². The summed E-state index contributed by atoms with van der Waals surface area (Å²) in [4.78, 5) is 10.0. The topological polar surface area (TPSA) is 89.3 Å². The zero-order valence-corrected chi connectivity index (χ0v) is 12.3. The van der Waals surface area contributed by atoms with E-state index in [0.717, 1.165) is 0 Å². The van der Waals surface area contributed by atoms with Crippen LogP contribution >= 0.6 is 11.6 Å². The largest absolute Gasteiger partial charge is 0.269 e. The zero-order valence-electron chi connectivity index (χ0n) is 10.7. The monoisotopic (exact) mass is 326 g/mol. The average molecular weight is 327 g/mol. The Morgan fingerprint density at radius 2 is 1.71 bits per heavy atom. The molecule has 0 spiro atoms. The number of nitrogens with one attached hydrogen (secondary N) is 1. The zero-order chi connectivity index (χ0) is 15.5. The number of benzene rings is 2. The lowest BCUT2D eigenvalue weighted by atomic mass is 10.2. The van der Waals surface area contributed by atoms with E-state index in [0.29, 0.717) is 5.56 Å². The number of rotatable bonds is 5. The number of nitro benzene ring substituents is 1. The van der Waals surface area contributed by atoms with E-state index in [9.17, 15) is 18.5 Å². The maximum atomic E-state index is 12.1. The molecular weight excluding hydrogens is 316 g/mol. The van der Waals surface area contributed by atoms with Crippen LogP contribution in [0.4, 0.5) is 5.69 Å². The second kappa shape index (κ2) is 6.21. The highest BCUT2D eigenvalue weighted by Gasteiger charge is 2.17. The van der Waals surface area contributed by atoms with Crippen LogP contribution in [0.5, 0.6) is 0 Å². The van der Waals surface area contributed by atoms with Crippen molar-refractivity contribution in [2.24, 2.45) is 0 Å². The van der Waals surface area contributed by atoms with E-state index in [2.05, 4.69) is 4.72 Å². The molecule has 2 aromatic carbocycles. The molecule has 0 aromatic heterocycles. The van der Waals surface area contributed by atoms with Crippen LogP contribution in [0.15, 0.2) is 53.4 Å². The van der Waals surface area contributed by atoms with E-state index >= 15 is 0 Å². The molecule has 6 nitrogen and oxygen atoms in total. The van der Waals surface area contributed by atoms with E-state index in [1.54, 1.807) is 12.1 Å². The van der Waals surface area contributed by atoms with Crippen molar-refractivity contribution in [1.29, 1.82) is 0 Å². The van der Waals surface area contributed by atoms with Gasteiger partial charge in [0.05, 0.1) is 9.95 Å². The molecule has 0 radical (unpaired) electrons. The van der Waals surface area contributed by atoms with Gasteiger partial charge in [-0.1, -0.05) is 35.9 Å². The van der Waals surface area contributed by atoms with E-state index in [1.165, 1.54) is 36.4 Å². The van der Waals surface area contributed by atoms with Crippen LogP contribution in [0, 0.1) is 10.1 Å². The van der Waals surface area contributed by atoms with Crippen molar-refractivity contribution < 1.29 is 13.3 Å². The van der Waals surface area contributed by atoms with Gasteiger partial charge in [-0.25, -0.2) is 13.1 Å². The molecule has 21 heavy (non-hydrogen) atoms. The molecule has 2 rings (SSSR count). The fourth-order valence-corrected chi connectivity index (χ4v) is 3.19. The van der Waals surface area contributed by atoms with E-state index < -0.39 is 14.9 Å². The first-order chi connectivity index (χ1) is 9.90. The summed E-state index contributed by atoms with van der Waals surface area (Å²) >= 11 is 5.85. The molecule has 0 saturated heterocycles. The molecule has 0 aliphatic rings. The van der Waals surface area contributed by atoms with Crippen LogP contribution in [0.25, 0.3) is 0 Å². The maximum Gasteiger partial charge on any atom is 0.269 e. The number of non-ortho nitro benzene ring substituents is 1. The number of nitrogens with zero attached hydrogens (tertiary/aromatic N) is 1. The molecule has 0 unspecified atom stereocenters. The average Bonchev–Trinajstić information content (AvgIpc) is 2.46. The Balaban J connectivity index is 2.12. The summed E-state index contributed by atoms with van der Waals surface area (Å²) in [7, 11) is -3.73. The van der Waals surface area contributed by atoms with E-state index in [1.807, 2.05) is 0 Å². The minimum atomic E-state index is -3.73. The smallest absolute Gasteiger partial charge is 0.258 e. The van der Waals surface area contributed by atoms with Crippen molar-refractivity contribution in [2.45, 2.75) is 11.4 Å². The molecule has 0 fully saturated rings. The molecule has 0 aliphatic carbocycles. The molecule has 0 atom stereocenters. The Morgan fingerprint density at radius 3 is 2.29 bits per heavy atom. The quantitative estimate of drug-likeness (QED) is 0.675. The van der Waals surface area contributed by atoms with Crippen LogP contribution in [-0.2, 0) is 16.6 Å². The first kappa shape index (κ1) is 15.4. The number of hydrogen-bond donors (Lipinski definition) is 1. The fraction of sp³-hybridized carbons (Fsp3) is 0.0769. The molecule has 0 amide bonds. The lowest BCUT2D eigenvalue weighted by molar-refractivity contribution is -0.384. The molecule has 8 heteroatoms. The van der Waals surface area contributed by atoms with Gasteiger partial charge >= 0.3 is 0 Å². The third-order valence-electron chi connectivity index (χ3n) is 2.74. The highest BCUT2D eigenvalue weighted by atomic mass is 35.5. The predicted octanol–water partition coefficient (Wildman–Crippen LogP) is 2.73. The van der Waals surface area contributed by atoms with Crippen LogP contribution in [0.2, 0.25) is 5.02 Å². The van der Waals surface area contributed by atoms with Gasteiger partial charge in [0.15, 0.2) is 0 Å². The standard InChI is InChI=1S/C13H11ClN2O4S/c14-12-3-1-2-4-13(12)21(19,20)15-9-10-5-7-11(8-6-10)16(17)18/h1-8,15H,9H2. The molecule has 0 bridgehead atoms. The summed E-state index contributed by atoms with van der Waals surface area (Å²) in [6.07, 6.45) is 0. The Kier molecular flexibility index (Phi) is 4.56. The SMILES string of the molecule is O=[N+]([O-])c1ccc(CNS(=O)(=O)c2ccccc2Cl)cc1. The molecule has 0 aliphatic heterocycles. The van der Waals surface area contributed by atoms with Gasteiger partial charge in [-0.3, -0.25) is 10.1 Å². The van der Waals surface area contributed by atoms with Gasteiger partial charge in [-0.2, -0.15) is 0 Å². The third-order valence-corrected chi connectivity index (χ3v) is 4.64. The first-order valence-electron chi connectivity index (χ1n) is 5.88. The van der Waals surface area contributed by atoms with Gasteiger partial charge in [0.25, 0.3) is 5.69 Å². The van der Waals surface area contributed by atoms with Crippen LogP contribution in [0.1, 0.15) is 5.56 Å². The molecule has 110 valence electrons. The Bertz CT molecular complexity index is 760. The molecular formula is C13H11ClN2O4S. The Morgan fingerprint density at radius 1 is 1.10 bits per heavy atom. The predicted molar refractivity (Wildman–Crippen MR) is 78.6 cm³/mol. The van der Waals surface area contributed by atoms with Gasteiger partial charge < -0.3 is 0 Å². The Hall–Kier alpha value is -1.96. The summed E-state index contributed by atoms with van der Waals surface area (Å²) in [6, 6.07) is 11.7. The van der Waals surface area contributed by atoms with E-state index in [-0.39, 0.29) is 22.2 Å². The van der Waals surface area contributed by atoms with Crippen molar-refractivity contribution in [3.8, 4) is 0 Å². The van der Waals surface area contributed by atoms with Gasteiger partial charge in [0.2, 0.25) is 10.0 Å². The summed E-state index contributed by atoms with van der Waals surface area (Å²) in [5.41, 5.74) is 0.559. The normalized spacial score (nSPS) is 11.3. The van der Waals surface area contributed by atoms with Crippen molar-refractivity contribution in [1.82, 2.24) is 4.72 Å². The minimum absolute atomic E-state index is 0.00595. The van der Waals surface area contributed by atoms with Crippen molar-refractivity contribution in [2.75, 3.05) is 0 Å². The number of nitro groups is 1. The maximum absolute atomic E-state index is 12.1. The van der Waals surface area contributed by atoms with Crippen molar-refractivity contribution >= 4 is 27.3 Å². The summed E-state index contributed by atoms with van der Waals surface area (Å²) in [5.74, 6) is 0. The summed E-state index contributed by atoms with van der Waals surface area (Å²) in [6.45, 7) is 0.0194. The highest BCUT2D eigenvalue weighted by molar-refractivity contribution is 7.89. The van der Waals surface area contributed by atoms with Crippen LogP contribution in [-0.4, -0.2) is 13.3 Å². The van der Waals surface area contributed by atoms with Gasteiger partial charge in [-0.05, 0) is 17.7 Å². The van der Waals surface area contributed by atoms with E-state index in [4.69, 9.17) is 11.6 Å². The molecule has 0 heterocycles. The molecule has 0 saturated carbocycles.